The molecule has 2 aliphatic rings. The summed E-state index contributed by atoms with van der Waals surface area (Å²) in [6.07, 6.45) is 2.73. The Labute approximate surface area is 147 Å². The Hall–Kier alpha value is -1.93. The molecule has 3 rings (SSSR count). The van der Waals surface area contributed by atoms with Crippen LogP contribution >= 0.6 is 0 Å². The SMILES string of the molecule is C[C@@H]1CCCCN1S(=O)(=O)c1ccc(N2C[C@H](C(=O)O)CC2=O)cc1. The van der Waals surface area contributed by atoms with Crippen molar-refractivity contribution in [1.29, 1.82) is 0 Å². The van der Waals surface area contributed by atoms with Crippen molar-refractivity contribution in [3.8, 4) is 0 Å². The first kappa shape index (κ1) is 17.9. The van der Waals surface area contributed by atoms with Crippen molar-refractivity contribution < 1.29 is 23.1 Å². The fraction of sp³-hybridized carbons (Fsp3) is 0.529. The summed E-state index contributed by atoms with van der Waals surface area (Å²) in [6, 6.07) is 6.11. The summed E-state index contributed by atoms with van der Waals surface area (Å²) in [5, 5.41) is 9.05. The van der Waals surface area contributed by atoms with Crippen LogP contribution in [0.15, 0.2) is 29.2 Å². The number of rotatable bonds is 4. The van der Waals surface area contributed by atoms with E-state index in [0.717, 1.165) is 19.3 Å². The number of carbonyl (C=O) groups is 2. The summed E-state index contributed by atoms with van der Waals surface area (Å²) in [5.41, 5.74) is 0.527. The average Bonchev–Trinajstić information content (AvgIpc) is 2.97. The van der Waals surface area contributed by atoms with Crippen molar-refractivity contribution in [3.63, 3.8) is 0 Å². The quantitative estimate of drug-likeness (QED) is 0.875. The van der Waals surface area contributed by atoms with Gasteiger partial charge in [-0.25, -0.2) is 8.42 Å². The highest BCUT2D eigenvalue weighted by Crippen LogP contribution is 2.29. The Morgan fingerprint density at radius 1 is 1.20 bits per heavy atom. The molecule has 0 saturated carbocycles. The second-order valence-corrected chi connectivity index (χ2v) is 8.59. The smallest absolute Gasteiger partial charge is 0.308 e. The zero-order chi connectivity index (χ0) is 18.2. The van der Waals surface area contributed by atoms with Gasteiger partial charge < -0.3 is 10.0 Å². The average molecular weight is 366 g/mol. The van der Waals surface area contributed by atoms with Crippen molar-refractivity contribution in [2.24, 2.45) is 5.92 Å². The maximum atomic E-state index is 12.8. The summed E-state index contributed by atoms with van der Waals surface area (Å²) < 4.78 is 27.1. The minimum atomic E-state index is -3.55. The molecule has 0 unspecified atom stereocenters. The standard InChI is InChI=1S/C17H22N2O5S/c1-12-4-2-3-9-19(12)25(23,24)15-7-5-14(6-8-15)18-11-13(17(21)22)10-16(18)20/h5-8,12-13H,2-4,9-11H2,1H3,(H,21,22)/t12-,13-/m1/s1. The van der Waals surface area contributed by atoms with Gasteiger partial charge in [-0.3, -0.25) is 9.59 Å². The molecule has 7 nitrogen and oxygen atoms in total. The van der Waals surface area contributed by atoms with E-state index in [1.54, 1.807) is 12.1 Å². The molecule has 1 aromatic carbocycles. The van der Waals surface area contributed by atoms with Crippen molar-refractivity contribution in [2.75, 3.05) is 18.0 Å². The first-order valence-corrected chi connectivity index (χ1v) is 9.90. The van der Waals surface area contributed by atoms with E-state index in [9.17, 15) is 18.0 Å². The number of carboxylic acids is 1. The molecule has 1 amide bonds. The van der Waals surface area contributed by atoms with Gasteiger partial charge in [0.05, 0.1) is 10.8 Å². The Balaban J connectivity index is 1.80. The first-order chi connectivity index (χ1) is 11.8. The Bertz CT molecular complexity index is 775. The summed E-state index contributed by atoms with van der Waals surface area (Å²) in [4.78, 5) is 24.7. The minimum absolute atomic E-state index is 0.0186. The molecule has 8 heteroatoms. The van der Waals surface area contributed by atoms with Gasteiger partial charge >= 0.3 is 5.97 Å². The second-order valence-electron chi connectivity index (χ2n) is 6.70. The van der Waals surface area contributed by atoms with Gasteiger partial charge in [-0.1, -0.05) is 6.42 Å². The van der Waals surface area contributed by atoms with E-state index in [-0.39, 0.29) is 29.8 Å². The number of nitrogens with zero attached hydrogens (tertiary/aromatic N) is 2. The van der Waals surface area contributed by atoms with E-state index >= 15 is 0 Å². The third-order valence-corrected chi connectivity index (χ3v) is 7.00. The Morgan fingerprint density at radius 3 is 2.44 bits per heavy atom. The minimum Gasteiger partial charge on any atom is -0.481 e. The van der Waals surface area contributed by atoms with E-state index in [4.69, 9.17) is 5.11 Å². The van der Waals surface area contributed by atoms with Gasteiger partial charge in [-0.2, -0.15) is 4.31 Å². The van der Waals surface area contributed by atoms with E-state index in [0.29, 0.717) is 12.2 Å². The van der Waals surface area contributed by atoms with Crippen LogP contribution < -0.4 is 4.90 Å². The molecule has 2 heterocycles. The highest BCUT2D eigenvalue weighted by molar-refractivity contribution is 7.89. The molecule has 0 bridgehead atoms. The third kappa shape index (κ3) is 3.41. The van der Waals surface area contributed by atoms with Crippen molar-refractivity contribution in [1.82, 2.24) is 4.31 Å². The van der Waals surface area contributed by atoms with Gasteiger partial charge in [0.2, 0.25) is 15.9 Å². The zero-order valence-corrected chi connectivity index (χ0v) is 14.9. The van der Waals surface area contributed by atoms with Crippen LogP contribution in [-0.4, -0.2) is 48.8 Å². The van der Waals surface area contributed by atoms with Gasteiger partial charge in [-0.05, 0) is 44.0 Å². The third-order valence-electron chi connectivity index (χ3n) is 4.97. The summed E-state index contributed by atoms with van der Waals surface area (Å²) in [5.74, 6) is -1.97. The second kappa shape index (κ2) is 6.76. The Kier molecular flexibility index (Phi) is 4.83. The van der Waals surface area contributed by atoms with Crippen LogP contribution in [0.2, 0.25) is 0 Å². The van der Waals surface area contributed by atoms with Gasteiger partial charge in [-0.15, -0.1) is 0 Å². The maximum Gasteiger partial charge on any atom is 0.308 e. The number of amides is 1. The highest BCUT2D eigenvalue weighted by Gasteiger charge is 2.35. The molecule has 1 aromatic rings. The van der Waals surface area contributed by atoms with Gasteiger partial charge in [0, 0.05) is 31.2 Å². The van der Waals surface area contributed by atoms with Crippen LogP contribution in [0.5, 0.6) is 0 Å². The predicted octanol–water partition coefficient (Wildman–Crippen LogP) is 1.69. The molecule has 25 heavy (non-hydrogen) atoms. The lowest BCUT2D eigenvalue weighted by Gasteiger charge is -2.32. The number of carbonyl (C=O) groups excluding carboxylic acids is 1. The summed E-state index contributed by atoms with van der Waals surface area (Å²) in [7, 11) is -3.55. The molecule has 1 N–H and O–H groups in total. The van der Waals surface area contributed by atoms with Crippen molar-refractivity contribution in [3.05, 3.63) is 24.3 Å². The molecular weight excluding hydrogens is 344 g/mol. The molecule has 2 saturated heterocycles. The molecule has 136 valence electrons. The number of sulfonamides is 1. The number of piperidine rings is 1. The summed E-state index contributed by atoms with van der Waals surface area (Å²) in [6.45, 7) is 2.56. The number of aliphatic carboxylic acids is 1. The number of benzene rings is 1. The number of carboxylic acid groups (broad SMARTS) is 1. The van der Waals surface area contributed by atoms with E-state index in [1.807, 2.05) is 6.92 Å². The molecule has 0 aliphatic carbocycles. The van der Waals surface area contributed by atoms with Crippen LogP contribution in [0, 0.1) is 5.92 Å². The Morgan fingerprint density at radius 2 is 1.88 bits per heavy atom. The normalized spacial score (nSPS) is 25.3. The molecule has 2 aliphatic heterocycles. The van der Waals surface area contributed by atoms with Gasteiger partial charge in [0.1, 0.15) is 0 Å². The predicted molar refractivity (Wildman–Crippen MR) is 91.7 cm³/mol. The van der Waals surface area contributed by atoms with Crippen molar-refractivity contribution >= 4 is 27.6 Å². The van der Waals surface area contributed by atoms with Gasteiger partial charge in [0.15, 0.2) is 0 Å². The topological polar surface area (TPSA) is 95.0 Å². The highest BCUT2D eigenvalue weighted by atomic mass is 32.2. The van der Waals surface area contributed by atoms with Crippen LogP contribution in [0.3, 0.4) is 0 Å². The largest absolute Gasteiger partial charge is 0.481 e. The molecular formula is C17H22N2O5S. The van der Waals surface area contributed by atoms with Crippen LogP contribution in [0.1, 0.15) is 32.6 Å². The lowest BCUT2D eigenvalue weighted by molar-refractivity contribution is -0.141. The number of hydrogen-bond acceptors (Lipinski definition) is 4. The number of anilines is 1. The van der Waals surface area contributed by atoms with Crippen LogP contribution in [0.25, 0.3) is 0 Å². The van der Waals surface area contributed by atoms with Crippen LogP contribution in [0.4, 0.5) is 5.69 Å². The van der Waals surface area contributed by atoms with E-state index < -0.39 is 21.9 Å². The lowest BCUT2D eigenvalue weighted by Crippen LogP contribution is -2.41. The van der Waals surface area contributed by atoms with Crippen molar-refractivity contribution in [2.45, 2.75) is 43.5 Å². The van der Waals surface area contributed by atoms with E-state index in [2.05, 4.69) is 0 Å². The molecule has 0 spiro atoms. The fourth-order valence-corrected chi connectivity index (χ4v) is 5.18. The number of hydrogen-bond donors (Lipinski definition) is 1. The zero-order valence-electron chi connectivity index (χ0n) is 14.1. The summed E-state index contributed by atoms with van der Waals surface area (Å²) >= 11 is 0. The lowest BCUT2D eigenvalue weighted by atomic mass is 10.1. The van der Waals surface area contributed by atoms with Gasteiger partial charge in [0.25, 0.3) is 0 Å². The maximum absolute atomic E-state index is 12.8. The first-order valence-electron chi connectivity index (χ1n) is 8.46. The van der Waals surface area contributed by atoms with E-state index in [1.165, 1.54) is 21.3 Å². The fourth-order valence-electron chi connectivity index (χ4n) is 3.48. The molecule has 0 radical (unpaired) electrons. The molecule has 0 aromatic heterocycles. The monoisotopic (exact) mass is 366 g/mol. The molecule has 2 fully saturated rings. The van der Waals surface area contributed by atoms with Crippen LogP contribution in [-0.2, 0) is 19.6 Å². The molecule has 2 atom stereocenters.